The van der Waals surface area contributed by atoms with Gasteiger partial charge in [-0.25, -0.2) is 4.39 Å². The van der Waals surface area contributed by atoms with Crippen LogP contribution in [0.1, 0.15) is 18.0 Å². The highest BCUT2D eigenvalue weighted by molar-refractivity contribution is 6.30. The summed E-state index contributed by atoms with van der Waals surface area (Å²) < 4.78 is 12.9. The Bertz CT molecular complexity index is 292. The second-order valence-electron chi connectivity index (χ2n) is 3.01. The Morgan fingerprint density at radius 2 is 2.31 bits per heavy atom. The molecule has 0 spiro atoms. The zero-order valence-corrected chi connectivity index (χ0v) is 7.64. The van der Waals surface area contributed by atoms with Crippen LogP contribution in [0.3, 0.4) is 0 Å². The van der Waals surface area contributed by atoms with Gasteiger partial charge in [-0.1, -0.05) is 11.6 Å². The van der Waals surface area contributed by atoms with Gasteiger partial charge in [0, 0.05) is 5.02 Å². The van der Waals surface area contributed by atoms with Gasteiger partial charge in [0.1, 0.15) is 5.82 Å². The van der Waals surface area contributed by atoms with Gasteiger partial charge in [-0.3, -0.25) is 0 Å². The molecule has 2 nitrogen and oxygen atoms in total. The third-order valence-corrected chi connectivity index (χ3v) is 2.24. The van der Waals surface area contributed by atoms with E-state index in [4.69, 9.17) is 16.4 Å². The maximum Gasteiger partial charge on any atom is 0.125 e. The molecular weight excluding hydrogens is 193 g/mol. The molecule has 0 bridgehead atoms. The molecule has 0 saturated carbocycles. The van der Waals surface area contributed by atoms with Gasteiger partial charge >= 0.3 is 0 Å². The monoisotopic (exact) mass is 201 g/mol. The minimum atomic E-state index is -0.309. The molecule has 1 fully saturated rings. The van der Waals surface area contributed by atoms with E-state index >= 15 is 0 Å². The number of benzene rings is 1. The van der Waals surface area contributed by atoms with Crippen molar-refractivity contribution in [3.05, 3.63) is 34.6 Å². The van der Waals surface area contributed by atoms with E-state index in [0.29, 0.717) is 11.6 Å². The standard InChI is InChI=1S/C9H9ClFNO/c10-7-3-6(4-8(11)5-7)9-1-2-13-12-9/h3-5,9,12H,1-2H2/t9-/m0/s1. The fraction of sp³-hybridized carbons (Fsp3) is 0.333. The van der Waals surface area contributed by atoms with Crippen molar-refractivity contribution >= 4 is 11.6 Å². The van der Waals surface area contributed by atoms with E-state index in [1.165, 1.54) is 12.1 Å². The molecule has 1 N–H and O–H groups in total. The molecule has 1 aromatic rings. The Hall–Kier alpha value is -0.640. The average molecular weight is 202 g/mol. The van der Waals surface area contributed by atoms with Gasteiger partial charge in [-0.2, -0.15) is 5.48 Å². The molecule has 1 saturated heterocycles. The topological polar surface area (TPSA) is 21.3 Å². The third-order valence-electron chi connectivity index (χ3n) is 2.02. The highest BCUT2D eigenvalue weighted by Crippen LogP contribution is 2.24. The van der Waals surface area contributed by atoms with E-state index in [1.54, 1.807) is 6.07 Å². The molecule has 0 radical (unpaired) electrons. The first-order valence-electron chi connectivity index (χ1n) is 4.09. The number of hydrogen-bond donors (Lipinski definition) is 1. The summed E-state index contributed by atoms with van der Waals surface area (Å²) >= 11 is 5.72. The summed E-state index contributed by atoms with van der Waals surface area (Å²) in [5.74, 6) is -0.309. The van der Waals surface area contributed by atoms with Crippen molar-refractivity contribution in [3.8, 4) is 0 Å². The van der Waals surface area contributed by atoms with Crippen LogP contribution in [0, 0.1) is 5.82 Å². The summed E-state index contributed by atoms with van der Waals surface area (Å²) in [5, 5.41) is 0.420. The molecule has 1 heterocycles. The Balaban J connectivity index is 2.28. The lowest BCUT2D eigenvalue weighted by molar-refractivity contribution is 0.0882. The molecule has 70 valence electrons. The summed E-state index contributed by atoms with van der Waals surface area (Å²) in [6.07, 6.45) is 0.847. The van der Waals surface area contributed by atoms with Crippen LogP contribution in [0.25, 0.3) is 0 Å². The average Bonchev–Trinajstić information content (AvgIpc) is 2.53. The molecule has 1 aromatic carbocycles. The van der Waals surface area contributed by atoms with Crippen molar-refractivity contribution in [1.82, 2.24) is 5.48 Å². The molecule has 2 rings (SSSR count). The minimum absolute atomic E-state index is 0.0631. The van der Waals surface area contributed by atoms with Crippen molar-refractivity contribution in [2.24, 2.45) is 0 Å². The fourth-order valence-electron chi connectivity index (χ4n) is 1.41. The van der Waals surface area contributed by atoms with Crippen molar-refractivity contribution in [1.29, 1.82) is 0 Å². The van der Waals surface area contributed by atoms with E-state index in [9.17, 15) is 4.39 Å². The van der Waals surface area contributed by atoms with Crippen molar-refractivity contribution < 1.29 is 9.23 Å². The number of rotatable bonds is 1. The molecule has 1 aliphatic rings. The third kappa shape index (κ3) is 1.99. The Morgan fingerprint density at radius 1 is 1.46 bits per heavy atom. The summed E-state index contributed by atoms with van der Waals surface area (Å²) in [4.78, 5) is 4.98. The molecule has 0 aliphatic carbocycles. The second-order valence-corrected chi connectivity index (χ2v) is 3.45. The minimum Gasteiger partial charge on any atom is -0.301 e. The lowest BCUT2D eigenvalue weighted by Gasteiger charge is -2.08. The number of halogens is 2. The zero-order chi connectivity index (χ0) is 9.26. The van der Waals surface area contributed by atoms with Crippen LogP contribution in [-0.4, -0.2) is 6.61 Å². The van der Waals surface area contributed by atoms with Crippen molar-refractivity contribution in [3.63, 3.8) is 0 Å². The highest BCUT2D eigenvalue weighted by atomic mass is 35.5. The highest BCUT2D eigenvalue weighted by Gasteiger charge is 2.17. The molecule has 1 aliphatic heterocycles. The maximum atomic E-state index is 12.9. The van der Waals surface area contributed by atoms with Gasteiger partial charge < -0.3 is 4.84 Å². The molecule has 0 unspecified atom stereocenters. The van der Waals surface area contributed by atoms with Crippen LogP contribution >= 0.6 is 11.6 Å². The first-order valence-corrected chi connectivity index (χ1v) is 4.47. The fourth-order valence-corrected chi connectivity index (χ4v) is 1.64. The Labute approximate surface area is 80.6 Å². The summed E-state index contributed by atoms with van der Waals surface area (Å²) in [6.45, 7) is 0.652. The lowest BCUT2D eigenvalue weighted by atomic mass is 10.1. The van der Waals surface area contributed by atoms with Gasteiger partial charge in [0.05, 0.1) is 12.6 Å². The predicted molar refractivity (Wildman–Crippen MR) is 47.9 cm³/mol. The van der Waals surface area contributed by atoms with Gasteiger partial charge in [0.25, 0.3) is 0 Å². The number of hydrogen-bond acceptors (Lipinski definition) is 2. The van der Waals surface area contributed by atoms with Crippen LogP contribution < -0.4 is 5.48 Å². The van der Waals surface area contributed by atoms with Gasteiger partial charge in [-0.15, -0.1) is 0 Å². The number of nitrogens with one attached hydrogen (secondary N) is 1. The predicted octanol–water partition coefficient (Wildman–Crippen LogP) is 2.45. The maximum absolute atomic E-state index is 12.9. The van der Waals surface area contributed by atoms with E-state index in [-0.39, 0.29) is 11.9 Å². The number of hydroxylamine groups is 1. The van der Waals surface area contributed by atoms with Gasteiger partial charge in [0.15, 0.2) is 0 Å². The summed E-state index contributed by atoms with van der Waals surface area (Å²) in [6, 6.07) is 4.57. The van der Waals surface area contributed by atoms with Crippen LogP contribution in [0.15, 0.2) is 18.2 Å². The summed E-state index contributed by atoms with van der Waals surface area (Å²) in [7, 11) is 0. The SMILES string of the molecule is Fc1cc(Cl)cc([C@@H]2CCON2)c1. The lowest BCUT2D eigenvalue weighted by Crippen LogP contribution is -2.11. The van der Waals surface area contributed by atoms with E-state index in [0.717, 1.165) is 12.0 Å². The second kappa shape index (κ2) is 3.62. The largest absolute Gasteiger partial charge is 0.301 e. The zero-order valence-electron chi connectivity index (χ0n) is 6.89. The van der Waals surface area contributed by atoms with E-state index in [1.807, 2.05) is 0 Å². The molecule has 0 aromatic heterocycles. The van der Waals surface area contributed by atoms with E-state index in [2.05, 4.69) is 5.48 Å². The van der Waals surface area contributed by atoms with Gasteiger partial charge in [-0.05, 0) is 30.2 Å². The Kier molecular flexibility index (Phi) is 2.49. The smallest absolute Gasteiger partial charge is 0.125 e. The Morgan fingerprint density at radius 3 is 2.92 bits per heavy atom. The van der Waals surface area contributed by atoms with Crippen molar-refractivity contribution in [2.75, 3.05) is 6.61 Å². The molecule has 1 atom stereocenters. The van der Waals surface area contributed by atoms with Gasteiger partial charge in [0.2, 0.25) is 0 Å². The summed E-state index contributed by atoms with van der Waals surface area (Å²) in [5.41, 5.74) is 3.64. The quantitative estimate of drug-likeness (QED) is 0.754. The van der Waals surface area contributed by atoms with Crippen LogP contribution in [-0.2, 0) is 4.84 Å². The van der Waals surface area contributed by atoms with Crippen LogP contribution in [0.5, 0.6) is 0 Å². The van der Waals surface area contributed by atoms with Crippen molar-refractivity contribution in [2.45, 2.75) is 12.5 Å². The first-order chi connectivity index (χ1) is 6.25. The molecule has 0 amide bonds. The van der Waals surface area contributed by atoms with Crippen LogP contribution in [0.4, 0.5) is 4.39 Å². The normalized spacial score (nSPS) is 22.2. The first kappa shape index (κ1) is 8.94. The van der Waals surface area contributed by atoms with E-state index < -0.39 is 0 Å². The van der Waals surface area contributed by atoms with Crippen LogP contribution in [0.2, 0.25) is 5.02 Å². The molecule has 13 heavy (non-hydrogen) atoms. The molecular formula is C9H9ClFNO. The molecule has 4 heteroatoms.